The number of allylic oxidation sites excluding steroid dienone is 10. The lowest BCUT2D eigenvalue weighted by Gasteiger charge is -2.18. The maximum absolute atomic E-state index is 12.7. The zero-order valence-corrected chi connectivity index (χ0v) is 32.5. The van der Waals surface area contributed by atoms with Crippen LogP contribution in [0.5, 0.6) is 0 Å². The number of aliphatic hydroxyl groups is 1. The van der Waals surface area contributed by atoms with Gasteiger partial charge in [0.1, 0.15) is 12.1 Å². The summed E-state index contributed by atoms with van der Waals surface area (Å²) in [6.07, 6.45) is 43.9. The fraction of sp³-hybridized carbons (Fsp3) is 0.674. The Kier molecular flexibility index (Phi) is 34.8. The van der Waals surface area contributed by atoms with Crippen molar-refractivity contribution >= 4 is 23.8 Å². The van der Waals surface area contributed by atoms with E-state index in [0.717, 1.165) is 109 Å². The van der Waals surface area contributed by atoms with Crippen LogP contribution in [0.1, 0.15) is 162 Å². The highest BCUT2D eigenvalue weighted by atomic mass is 16.5. The number of carbonyl (C=O) groups excluding carboxylic acids is 3. The molecule has 2 amide bonds. The summed E-state index contributed by atoms with van der Waals surface area (Å²) in [5, 5.41) is 22.5. The Morgan fingerprint density at radius 1 is 0.596 bits per heavy atom. The zero-order chi connectivity index (χ0) is 38.3. The van der Waals surface area contributed by atoms with E-state index in [1.165, 1.54) is 19.3 Å². The van der Waals surface area contributed by atoms with Gasteiger partial charge in [-0.3, -0.25) is 14.4 Å². The molecule has 0 saturated carbocycles. The van der Waals surface area contributed by atoms with Crippen molar-refractivity contribution in [2.75, 3.05) is 13.2 Å². The first kappa shape index (κ1) is 48.5. The molecule has 0 bridgehead atoms. The molecule has 9 heteroatoms. The van der Waals surface area contributed by atoms with E-state index in [9.17, 15) is 19.2 Å². The van der Waals surface area contributed by atoms with Crippen molar-refractivity contribution in [2.45, 2.75) is 174 Å². The maximum Gasteiger partial charge on any atom is 0.328 e. The lowest BCUT2D eigenvalue weighted by atomic mass is 10.0. The van der Waals surface area contributed by atoms with E-state index in [1.807, 2.05) is 0 Å². The number of ether oxygens (including phenoxy) is 1. The van der Waals surface area contributed by atoms with Gasteiger partial charge in [0.25, 0.3) is 0 Å². The molecule has 0 saturated heterocycles. The summed E-state index contributed by atoms with van der Waals surface area (Å²) in [5.41, 5.74) is 0. The lowest BCUT2D eigenvalue weighted by molar-refractivity contribution is -0.150. The fourth-order valence-corrected chi connectivity index (χ4v) is 5.41. The number of hydrogen-bond acceptors (Lipinski definition) is 6. The number of carboxylic acids is 1. The maximum atomic E-state index is 12.7. The molecule has 4 N–H and O–H groups in total. The summed E-state index contributed by atoms with van der Waals surface area (Å²) in [4.78, 5) is 47.4. The summed E-state index contributed by atoms with van der Waals surface area (Å²) in [6, 6.07) is -1.39. The molecule has 2 unspecified atom stereocenters. The van der Waals surface area contributed by atoms with Crippen molar-refractivity contribution in [3.63, 3.8) is 0 Å². The van der Waals surface area contributed by atoms with Gasteiger partial charge >= 0.3 is 11.9 Å². The molecular formula is C43H72N2O7. The van der Waals surface area contributed by atoms with Gasteiger partial charge in [-0.1, -0.05) is 113 Å². The largest absolute Gasteiger partial charge is 0.480 e. The quantitative estimate of drug-likeness (QED) is 0.0289. The number of esters is 1. The molecule has 9 nitrogen and oxygen atoms in total. The standard InChI is InChI=1S/C43H72N2O7/c1-3-5-7-9-11-13-15-16-18-20-22-27-31-35-42(49)52-38(32-28-24-21-19-17-14-12-10-8-6-4-2)33-29-25-23-26-30-34-40(47)44-36-41(48)45-39(37-46)43(50)51/h5,7,11-14,16,18-19,21,38-39,46H,3-4,6,8-10,15,17,20,22-37H2,1-2H3,(H,44,47)(H,45,48)(H,50,51)/b7-5-,13-11-,14-12-,18-16-,21-19-. The Hall–Kier alpha value is -3.46. The van der Waals surface area contributed by atoms with Crippen LogP contribution in [0.15, 0.2) is 60.8 Å². The highest BCUT2D eigenvalue weighted by molar-refractivity contribution is 5.87. The summed E-state index contributed by atoms with van der Waals surface area (Å²) in [6.45, 7) is 3.31. The van der Waals surface area contributed by atoms with Crippen LogP contribution in [-0.2, 0) is 23.9 Å². The van der Waals surface area contributed by atoms with Crippen molar-refractivity contribution in [1.29, 1.82) is 0 Å². The molecule has 296 valence electrons. The van der Waals surface area contributed by atoms with Crippen LogP contribution >= 0.6 is 0 Å². The first-order valence-corrected chi connectivity index (χ1v) is 20.2. The van der Waals surface area contributed by atoms with Crippen molar-refractivity contribution in [1.82, 2.24) is 10.6 Å². The number of nitrogens with one attached hydrogen (secondary N) is 2. The third kappa shape index (κ3) is 33.7. The Balaban J connectivity index is 4.43. The second kappa shape index (κ2) is 37.3. The van der Waals surface area contributed by atoms with Crippen molar-refractivity contribution < 1.29 is 34.1 Å². The minimum absolute atomic E-state index is 0.0729. The van der Waals surface area contributed by atoms with E-state index in [4.69, 9.17) is 14.9 Å². The summed E-state index contributed by atoms with van der Waals surface area (Å²) < 4.78 is 5.97. The van der Waals surface area contributed by atoms with Gasteiger partial charge < -0.3 is 25.6 Å². The number of aliphatic carboxylic acids is 1. The van der Waals surface area contributed by atoms with Gasteiger partial charge in [0, 0.05) is 12.8 Å². The second-order valence-electron chi connectivity index (χ2n) is 13.3. The van der Waals surface area contributed by atoms with E-state index in [-0.39, 0.29) is 30.9 Å². The normalized spacial score (nSPS) is 13.1. The van der Waals surface area contributed by atoms with Crippen LogP contribution in [0.4, 0.5) is 0 Å². The summed E-state index contributed by atoms with van der Waals surface area (Å²) in [5.74, 6) is -2.37. The predicted molar refractivity (Wildman–Crippen MR) is 213 cm³/mol. The Morgan fingerprint density at radius 3 is 1.73 bits per heavy atom. The second-order valence-corrected chi connectivity index (χ2v) is 13.3. The number of carboxylic acid groups (broad SMARTS) is 1. The highest BCUT2D eigenvalue weighted by Gasteiger charge is 2.19. The fourth-order valence-electron chi connectivity index (χ4n) is 5.41. The van der Waals surface area contributed by atoms with Crippen molar-refractivity contribution in [3.8, 4) is 0 Å². The molecule has 52 heavy (non-hydrogen) atoms. The predicted octanol–water partition coefficient (Wildman–Crippen LogP) is 9.37. The average Bonchev–Trinajstić information content (AvgIpc) is 3.13. The average molecular weight is 729 g/mol. The highest BCUT2D eigenvalue weighted by Crippen LogP contribution is 2.17. The first-order chi connectivity index (χ1) is 25.3. The van der Waals surface area contributed by atoms with E-state index >= 15 is 0 Å². The minimum atomic E-state index is -1.39. The Labute approximate surface area is 315 Å². The molecule has 0 aromatic rings. The summed E-state index contributed by atoms with van der Waals surface area (Å²) in [7, 11) is 0. The number of aliphatic hydroxyl groups excluding tert-OH is 1. The Morgan fingerprint density at radius 2 is 1.12 bits per heavy atom. The van der Waals surface area contributed by atoms with E-state index < -0.39 is 24.5 Å². The van der Waals surface area contributed by atoms with Gasteiger partial charge in [0.15, 0.2) is 0 Å². The van der Waals surface area contributed by atoms with Crippen LogP contribution in [0.2, 0.25) is 0 Å². The smallest absolute Gasteiger partial charge is 0.328 e. The van der Waals surface area contributed by atoms with Crippen LogP contribution in [-0.4, -0.2) is 59.3 Å². The van der Waals surface area contributed by atoms with Gasteiger partial charge in [-0.2, -0.15) is 0 Å². The van der Waals surface area contributed by atoms with Crippen LogP contribution in [0.3, 0.4) is 0 Å². The van der Waals surface area contributed by atoms with E-state index in [0.29, 0.717) is 12.8 Å². The van der Waals surface area contributed by atoms with Gasteiger partial charge in [-0.25, -0.2) is 4.79 Å². The molecule has 0 spiro atoms. The summed E-state index contributed by atoms with van der Waals surface area (Å²) >= 11 is 0. The number of hydrogen-bond donors (Lipinski definition) is 4. The molecule has 0 radical (unpaired) electrons. The number of amides is 2. The van der Waals surface area contributed by atoms with Crippen molar-refractivity contribution in [3.05, 3.63) is 60.8 Å². The van der Waals surface area contributed by atoms with E-state index in [1.54, 1.807) is 0 Å². The molecule has 0 rings (SSSR count). The van der Waals surface area contributed by atoms with Gasteiger partial charge in [-0.05, 0) is 96.3 Å². The molecule has 2 atom stereocenters. The van der Waals surface area contributed by atoms with Gasteiger partial charge in [0.2, 0.25) is 11.8 Å². The van der Waals surface area contributed by atoms with Crippen LogP contribution in [0, 0.1) is 0 Å². The molecule has 0 fully saturated rings. The van der Waals surface area contributed by atoms with Crippen LogP contribution < -0.4 is 10.6 Å². The minimum Gasteiger partial charge on any atom is -0.480 e. The number of rotatable bonds is 35. The van der Waals surface area contributed by atoms with Gasteiger partial charge in [0.05, 0.1) is 13.2 Å². The molecular weight excluding hydrogens is 656 g/mol. The first-order valence-electron chi connectivity index (χ1n) is 20.2. The molecule has 0 aromatic heterocycles. The third-order valence-electron chi connectivity index (χ3n) is 8.50. The number of unbranched alkanes of at least 4 members (excludes halogenated alkanes) is 11. The molecule has 0 aromatic carbocycles. The topological polar surface area (TPSA) is 142 Å². The monoisotopic (exact) mass is 729 g/mol. The lowest BCUT2D eigenvalue weighted by Crippen LogP contribution is -2.47. The third-order valence-corrected chi connectivity index (χ3v) is 8.50. The SMILES string of the molecule is CC/C=C\C/C=C\C/C=C\CCCCCC(=O)OC(CCC/C=C\C/C=C\CCCCC)CCCCCCCC(=O)NCC(=O)NC(CO)C(=O)O. The molecule has 0 aliphatic carbocycles. The van der Waals surface area contributed by atoms with Gasteiger partial charge in [-0.15, -0.1) is 0 Å². The van der Waals surface area contributed by atoms with Crippen LogP contribution in [0.25, 0.3) is 0 Å². The molecule has 0 aliphatic rings. The number of carbonyl (C=O) groups is 4. The zero-order valence-electron chi connectivity index (χ0n) is 32.5. The molecule has 0 aliphatic heterocycles. The van der Waals surface area contributed by atoms with Crippen molar-refractivity contribution in [2.24, 2.45) is 0 Å². The molecule has 0 heterocycles. The van der Waals surface area contributed by atoms with E-state index in [2.05, 4.69) is 85.2 Å². The Bertz CT molecular complexity index is 1060.